The quantitative estimate of drug-likeness (QED) is 0.484. The average molecular weight is 398 g/mol. The van der Waals surface area contributed by atoms with Gasteiger partial charge in [0.15, 0.2) is 0 Å². The molecule has 1 heterocycles. The van der Waals surface area contributed by atoms with Crippen molar-refractivity contribution in [2.24, 2.45) is 4.99 Å². The van der Waals surface area contributed by atoms with Crippen LogP contribution in [0.1, 0.15) is 39.9 Å². The minimum absolute atomic E-state index is 0.166. The van der Waals surface area contributed by atoms with Crippen LogP contribution in [0, 0.1) is 6.92 Å². The second kappa shape index (κ2) is 8.33. The lowest BCUT2D eigenvalue weighted by Crippen LogP contribution is -2.21. The molecule has 1 unspecified atom stereocenters. The number of carbonyl (C=O) groups is 2. The van der Waals surface area contributed by atoms with E-state index in [0.29, 0.717) is 23.6 Å². The molecule has 1 amide bonds. The summed E-state index contributed by atoms with van der Waals surface area (Å²) in [6.45, 7) is 4.08. The number of amides is 1. The molecule has 5 heteroatoms. The first-order valence-corrected chi connectivity index (χ1v) is 9.89. The largest absolute Gasteiger partial charge is 0.462 e. The summed E-state index contributed by atoms with van der Waals surface area (Å²) in [6.07, 6.45) is 0. The highest BCUT2D eigenvalue weighted by molar-refractivity contribution is 6.24. The number of anilines is 1. The van der Waals surface area contributed by atoms with Gasteiger partial charge in [-0.3, -0.25) is 9.79 Å². The smallest absolute Gasteiger partial charge is 0.338 e. The summed E-state index contributed by atoms with van der Waals surface area (Å²) in [5.74, 6) is -1.14. The van der Waals surface area contributed by atoms with Gasteiger partial charge >= 0.3 is 5.97 Å². The number of rotatable bonds is 5. The molecule has 0 aromatic heterocycles. The van der Waals surface area contributed by atoms with Crippen molar-refractivity contribution in [2.75, 3.05) is 11.9 Å². The van der Waals surface area contributed by atoms with Crippen molar-refractivity contribution in [3.63, 3.8) is 0 Å². The Morgan fingerprint density at radius 3 is 2.43 bits per heavy atom. The number of benzene rings is 3. The van der Waals surface area contributed by atoms with Crippen LogP contribution >= 0.6 is 0 Å². The zero-order valence-corrected chi connectivity index (χ0v) is 16.9. The third kappa shape index (κ3) is 3.87. The number of carbonyl (C=O) groups excluding carboxylic acids is 2. The molecule has 1 aliphatic heterocycles. The van der Waals surface area contributed by atoms with Gasteiger partial charge < -0.3 is 10.1 Å². The summed E-state index contributed by atoms with van der Waals surface area (Å²) in [5.41, 5.74) is 5.29. The topological polar surface area (TPSA) is 67.8 Å². The zero-order chi connectivity index (χ0) is 21.1. The van der Waals surface area contributed by atoms with Gasteiger partial charge in [-0.05, 0) is 49.2 Å². The number of nitrogens with zero attached hydrogens (tertiary/aromatic N) is 1. The lowest BCUT2D eigenvalue weighted by Gasteiger charge is -2.14. The van der Waals surface area contributed by atoms with Gasteiger partial charge in [-0.1, -0.05) is 54.1 Å². The van der Waals surface area contributed by atoms with Gasteiger partial charge in [0.25, 0.3) is 0 Å². The van der Waals surface area contributed by atoms with Crippen molar-refractivity contribution < 1.29 is 14.3 Å². The van der Waals surface area contributed by atoms with E-state index in [1.165, 1.54) is 0 Å². The predicted octanol–water partition coefficient (Wildman–Crippen LogP) is 5.03. The van der Waals surface area contributed by atoms with Crippen LogP contribution in [-0.2, 0) is 9.53 Å². The molecular formula is C25H22N2O3. The van der Waals surface area contributed by atoms with E-state index < -0.39 is 11.9 Å². The van der Waals surface area contributed by atoms with Crippen molar-refractivity contribution in [3.8, 4) is 0 Å². The third-order valence-corrected chi connectivity index (χ3v) is 5.02. The van der Waals surface area contributed by atoms with Crippen LogP contribution in [0.2, 0.25) is 0 Å². The summed E-state index contributed by atoms with van der Waals surface area (Å²) >= 11 is 0. The number of hydrogen-bond donors (Lipinski definition) is 1. The number of hydrogen-bond acceptors (Lipinski definition) is 4. The fourth-order valence-electron chi connectivity index (χ4n) is 3.54. The molecule has 1 N–H and O–H groups in total. The van der Waals surface area contributed by atoms with Crippen LogP contribution in [0.25, 0.3) is 0 Å². The zero-order valence-electron chi connectivity index (χ0n) is 16.9. The molecule has 0 bridgehead atoms. The van der Waals surface area contributed by atoms with Gasteiger partial charge in [-0.2, -0.15) is 0 Å². The molecule has 3 aromatic carbocycles. The summed E-state index contributed by atoms with van der Waals surface area (Å²) < 4.78 is 5.07. The van der Waals surface area contributed by atoms with Gasteiger partial charge in [0, 0.05) is 5.69 Å². The van der Waals surface area contributed by atoms with Gasteiger partial charge in [0.05, 0.1) is 23.6 Å². The number of nitrogens with one attached hydrogen (secondary N) is 1. The van der Waals surface area contributed by atoms with Crippen LogP contribution in [0.4, 0.5) is 11.4 Å². The van der Waals surface area contributed by atoms with Crippen molar-refractivity contribution >= 4 is 29.0 Å². The molecular weight excluding hydrogens is 376 g/mol. The Labute approximate surface area is 175 Å². The minimum atomic E-state index is -0.569. The summed E-state index contributed by atoms with van der Waals surface area (Å²) in [6, 6.07) is 22.7. The van der Waals surface area contributed by atoms with Crippen LogP contribution in [-0.4, -0.2) is 24.2 Å². The highest BCUT2D eigenvalue weighted by Gasteiger charge is 2.35. The van der Waals surface area contributed by atoms with Gasteiger partial charge in [0.2, 0.25) is 5.91 Å². The van der Waals surface area contributed by atoms with E-state index >= 15 is 0 Å². The van der Waals surface area contributed by atoms with E-state index in [0.717, 1.165) is 22.4 Å². The molecule has 0 fully saturated rings. The van der Waals surface area contributed by atoms with E-state index in [2.05, 4.69) is 5.32 Å². The fourth-order valence-corrected chi connectivity index (χ4v) is 3.54. The van der Waals surface area contributed by atoms with Crippen LogP contribution < -0.4 is 5.32 Å². The maximum atomic E-state index is 13.0. The molecule has 1 aliphatic rings. The third-order valence-electron chi connectivity index (χ3n) is 5.02. The number of fused-ring (bicyclic) bond motifs is 1. The maximum absolute atomic E-state index is 13.0. The maximum Gasteiger partial charge on any atom is 0.338 e. The number of aliphatic imine (C=N–C) groups is 1. The molecule has 5 nitrogen and oxygen atoms in total. The Morgan fingerprint density at radius 1 is 1.00 bits per heavy atom. The summed E-state index contributed by atoms with van der Waals surface area (Å²) in [5, 5.41) is 2.90. The van der Waals surface area contributed by atoms with Gasteiger partial charge in [-0.25, -0.2) is 4.79 Å². The highest BCUT2D eigenvalue weighted by Crippen LogP contribution is 2.37. The van der Waals surface area contributed by atoms with E-state index in [-0.39, 0.29) is 5.91 Å². The Morgan fingerprint density at radius 2 is 1.73 bits per heavy atom. The molecule has 1 atom stereocenters. The second-order valence-electron chi connectivity index (χ2n) is 7.14. The monoisotopic (exact) mass is 398 g/mol. The van der Waals surface area contributed by atoms with Crippen LogP contribution in [0.15, 0.2) is 77.8 Å². The first-order valence-electron chi connectivity index (χ1n) is 9.89. The molecule has 3 aromatic rings. The second-order valence-corrected chi connectivity index (χ2v) is 7.14. The van der Waals surface area contributed by atoms with E-state index in [1.54, 1.807) is 25.1 Å². The first-order chi connectivity index (χ1) is 14.6. The normalized spacial score (nSPS) is 15.5. The Kier molecular flexibility index (Phi) is 5.44. The van der Waals surface area contributed by atoms with Gasteiger partial charge in [-0.15, -0.1) is 0 Å². The molecule has 0 saturated heterocycles. The predicted molar refractivity (Wildman–Crippen MR) is 118 cm³/mol. The fraction of sp³-hybridized carbons (Fsp3) is 0.160. The van der Waals surface area contributed by atoms with Crippen LogP contribution in [0.3, 0.4) is 0 Å². The molecule has 30 heavy (non-hydrogen) atoms. The standard InChI is InChI=1S/C25H22N2O3/c1-3-30-25(29)18-11-14-20-21(15-18)27-24(28)22(20)23(17-7-5-4-6-8-17)26-19-12-9-16(2)10-13-19/h4-15,22H,3H2,1-2H3,(H,27,28). The minimum Gasteiger partial charge on any atom is -0.462 e. The Hall–Kier alpha value is -3.73. The Bertz CT molecular complexity index is 1120. The number of ether oxygens (including phenoxy) is 1. The van der Waals surface area contributed by atoms with Crippen molar-refractivity contribution in [1.82, 2.24) is 0 Å². The SMILES string of the molecule is CCOC(=O)c1ccc2c(c1)NC(=O)C2C(=Nc1ccc(C)cc1)c1ccccc1. The van der Waals surface area contributed by atoms with Crippen LogP contribution in [0.5, 0.6) is 0 Å². The highest BCUT2D eigenvalue weighted by atomic mass is 16.5. The lowest BCUT2D eigenvalue weighted by atomic mass is 9.90. The van der Waals surface area contributed by atoms with E-state index in [1.807, 2.05) is 61.5 Å². The van der Waals surface area contributed by atoms with Crippen molar-refractivity contribution in [3.05, 3.63) is 95.1 Å². The van der Waals surface area contributed by atoms with Gasteiger partial charge in [0.1, 0.15) is 5.92 Å². The van der Waals surface area contributed by atoms with E-state index in [9.17, 15) is 9.59 Å². The number of aryl methyl sites for hydroxylation is 1. The molecule has 150 valence electrons. The first kappa shape index (κ1) is 19.6. The summed E-state index contributed by atoms with van der Waals surface area (Å²) in [7, 11) is 0. The van der Waals surface area contributed by atoms with E-state index in [4.69, 9.17) is 9.73 Å². The molecule has 0 spiro atoms. The van der Waals surface area contributed by atoms with Crippen molar-refractivity contribution in [2.45, 2.75) is 19.8 Å². The molecule has 0 aliphatic carbocycles. The average Bonchev–Trinajstić information content (AvgIpc) is 3.09. The Balaban J connectivity index is 1.80. The molecule has 0 saturated carbocycles. The summed E-state index contributed by atoms with van der Waals surface area (Å²) in [4.78, 5) is 29.9. The molecule has 0 radical (unpaired) electrons. The lowest BCUT2D eigenvalue weighted by molar-refractivity contribution is -0.115. The van der Waals surface area contributed by atoms with Crippen molar-refractivity contribution in [1.29, 1.82) is 0 Å². The molecule has 4 rings (SSSR count). The number of esters is 1.